The molecule has 1 amide bonds. The highest BCUT2D eigenvalue weighted by molar-refractivity contribution is 6.24. The Balaban J connectivity index is 1.90. The van der Waals surface area contributed by atoms with E-state index in [-0.39, 0.29) is 5.91 Å². The summed E-state index contributed by atoms with van der Waals surface area (Å²) in [5.74, 6) is 0.00228. The molecule has 2 heteroatoms. The monoisotopic (exact) mass is 259 g/mol. The van der Waals surface area contributed by atoms with Gasteiger partial charge in [-0.2, -0.15) is 0 Å². The van der Waals surface area contributed by atoms with Gasteiger partial charge in [0.05, 0.1) is 0 Å². The van der Waals surface area contributed by atoms with E-state index in [1.165, 1.54) is 16.5 Å². The van der Waals surface area contributed by atoms with Gasteiger partial charge in [-0.25, -0.2) is 0 Å². The quantitative estimate of drug-likeness (QED) is 0.740. The van der Waals surface area contributed by atoms with Gasteiger partial charge >= 0.3 is 0 Å². The summed E-state index contributed by atoms with van der Waals surface area (Å²) in [5.41, 5.74) is 4.25. The fourth-order valence-corrected chi connectivity index (χ4v) is 2.92. The minimum Gasteiger partial charge on any atom is -0.321 e. The molecule has 2 nitrogen and oxygen atoms in total. The average Bonchev–Trinajstić information content (AvgIpc) is 2.82. The summed E-state index contributed by atoms with van der Waals surface area (Å²) < 4.78 is 0. The summed E-state index contributed by atoms with van der Waals surface area (Å²) in [6, 6.07) is 20.5. The number of carbonyl (C=O) groups is 1. The van der Waals surface area contributed by atoms with Gasteiger partial charge in [-0.3, -0.25) is 4.79 Å². The van der Waals surface area contributed by atoms with Crippen molar-refractivity contribution >= 4 is 22.4 Å². The number of rotatable bonds is 2. The van der Waals surface area contributed by atoms with Gasteiger partial charge < -0.3 is 5.32 Å². The Morgan fingerprint density at radius 2 is 1.70 bits per heavy atom. The predicted octanol–water partition coefficient (Wildman–Crippen LogP) is 4.00. The summed E-state index contributed by atoms with van der Waals surface area (Å²) in [5, 5.41) is 5.15. The Labute approximate surface area is 117 Å². The fraction of sp³-hybridized carbons (Fsp3) is 0.0556. The van der Waals surface area contributed by atoms with Crippen LogP contribution >= 0.6 is 0 Å². The molecule has 4 rings (SSSR count). The number of anilines is 1. The van der Waals surface area contributed by atoms with E-state index < -0.39 is 0 Å². The first-order valence-electron chi connectivity index (χ1n) is 6.73. The van der Waals surface area contributed by atoms with Crippen molar-refractivity contribution in [2.24, 2.45) is 0 Å². The number of benzene rings is 3. The average molecular weight is 259 g/mol. The van der Waals surface area contributed by atoms with E-state index in [2.05, 4.69) is 41.7 Å². The van der Waals surface area contributed by atoms with Crippen LogP contribution in [-0.4, -0.2) is 5.91 Å². The van der Waals surface area contributed by atoms with Gasteiger partial charge in [0, 0.05) is 16.6 Å². The van der Waals surface area contributed by atoms with Gasteiger partial charge in [-0.1, -0.05) is 48.5 Å². The van der Waals surface area contributed by atoms with E-state index in [9.17, 15) is 4.79 Å². The molecule has 1 N–H and O–H groups in total. The van der Waals surface area contributed by atoms with Crippen LogP contribution in [0.3, 0.4) is 0 Å². The van der Waals surface area contributed by atoms with Crippen LogP contribution in [0.1, 0.15) is 21.5 Å². The van der Waals surface area contributed by atoms with Crippen LogP contribution in [0.15, 0.2) is 60.7 Å². The lowest BCUT2D eigenvalue weighted by molar-refractivity contribution is 0.103. The van der Waals surface area contributed by atoms with Crippen molar-refractivity contribution in [2.45, 2.75) is 6.42 Å². The first-order valence-corrected chi connectivity index (χ1v) is 6.73. The maximum Gasteiger partial charge on any atom is 0.256 e. The minimum atomic E-state index is 0.00228. The third-order valence-electron chi connectivity index (χ3n) is 3.86. The SMILES string of the molecule is O=C1Nc2ccc(Cc3ccccc3)c3cccc1c23. The maximum absolute atomic E-state index is 11.9. The highest BCUT2D eigenvalue weighted by Gasteiger charge is 2.21. The van der Waals surface area contributed by atoms with Gasteiger partial charge in [0.25, 0.3) is 5.91 Å². The third-order valence-corrected chi connectivity index (χ3v) is 3.86. The van der Waals surface area contributed by atoms with E-state index in [1.807, 2.05) is 24.3 Å². The lowest BCUT2D eigenvalue weighted by Crippen LogP contribution is -2.03. The predicted molar refractivity (Wildman–Crippen MR) is 81.1 cm³/mol. The van der Waals surface area contributed by atoms with Gasteiger partial charge in [-0.05, 0) is 35.1 Å². The van der Waals surface area contributed by atoms with Crippen molar-refractivity contribution in [3.8, 4) is 0 Å². The zero-order valence-corrected chi connectivity index (χ0v) is 10.9. The summed E-state index contributed by atoms with van der Waals surface area (Å²) >= 11 is 0. The van der Waals surface area contributed by atoms with Crippen molar-refractivity contribution in [3.63, 3.8) is 0 Å². The van der Waals surface area contributed by atoms with E-state index in [0.717, 1.165) is 23.1 Å². The second kappa shape index (κ2) is 4.20. The van der Waals surface area contributed by atoms with E-state index in [0.29, 0.717) is 0 Å². The molecule has 0 unspecified atom stereocenters. The second-order valence-corrected chi connectivity index (χ2v) is 5.12. The fourth-order valence-electron chi connectivity index (χ4n) is 2.92. The summed E-state index contributed by atoms with van der Waals surface area (Å²) in [4.78, 5) is 11.9. The Bertz CT molecular complexity index is 821. The molecule has 1 aliphatic rings. The van der Waals surface area contributed by atoms with Crippen LogP contribution in [-0.2, 0) is 6.42 Å². The Kier molecular flexibility index (Phi) is 2.36. The number of nitrogens with one attached hydrogen (secondary N) is 1. The Morgan fingerprint density at radius 1 is 0.850 bits per heavy atom. The lowest BCUT2D eigenvalue weighted by atomic mass is 9.96. The van der Waals surface area contributed by atoms with Crippen LogP contribution < -0.4 is 5.32 Å². The summed E-state index contributed by atoms with van der Waals surface area (Å²) in [6.45, 7) is 0. The molecule has 0 spiro atoms. The van der Waals surface area contributed by atoms with Crippen LogP contribution in [0, 0.1) is 0 Å². The first kappa shape index (κ1) is 11.2. The van der Waals surface area contributed by atoms with Crippen molar-refractivity contribution in [2.75, 3.05) is 5.32 Å². The zero-order chi connectivity index (χ0) is 13.5. The second-order valence-electron chi connectivity index (χ2n) is 5.12. The molecular weight excluding hydrogens is 246 g/mol. The molecule has 3 aromatic rings. The molecule has 0 radical (unpaired) electrons. The molecule has 1 aliphatic heterocycles. The number of hydrogen-bond donors (Lipinski definition) is 1. The molecular formula is C18H13NO. The molecule has 3 aromatic carbocycles. The molecule has 0 atom stereocenters. The van der Waals surface area contributed by atoms with Crippen molar-refractivity contribution < 1.29 is 4.79 Å². The lowest BCUT2D eigenvalue weighted by Gasteiger charge is -2.08. The molecule has 0 aromatic heterocycles. The van der Waals surface area contributed by atoms with Crippen LogP contribution in [0.25, 0.3) is 10.8 Å². The van der Waals surface area contributed by atoms with Gasteiger partial charge in [0.15, 0.2) is 0 Å². The Hall–Kier alpha value is -2.61. The highest BCUT2D eigenvalue weighted by Crippen LogP contribution is 2.35. The molecule has 1 heterocycles. The largest absolute Gasteiger partial charge is 0.321 e. The summed E-state index contributed by atoms with van der Waals surface area (Å²) in [6.07, 6.45) is 0.884. The number of hydrogen-bond acceptors (Lipinski definition) is 1. The van der Waals surface area contributed by atoms with E-state index >= 15 is 0 Å². The van der Waals surface area contributed by atoms with Crippen LogP contribution in [0.2, 0.25) is 0 Å². The third kappa shape index (κ3) is 1.62. The van der Waals surface area contributed by atoms with Crippen LogP contribution in [0.4, 0.5) is 5.69 Å². The molecule has 0 fully saturated rings. The van der Waals surface area contributed by atoms with E-state index in [4.69, 9.17) is 0 Å². The van der Waals surface area contributed by atoms with E-state index in [1.54, 1.807) is 0 Å². The van der Waals surface area contributed by atoms with Gasteiger partial charge in [-0.15, -0.1) is 0 Å². The van der Waals surface area contributed by atoms with Gasteiger partial charge in [0.2, 0.25) is 0 Å². The van der Waals surface area contributed by atoms with Gasteiger partial charge in [0.1, 0.15) is 0 Å². The minimum absolute atomic E-state index is 0.00228. The van der Waals surface area contributed by atoms with Crippen molar-refractivity contribution in [1.82, 2.24) is 0 Å². The van der Waals surface area contributed by atoms with Crippen LogP contribution in [0.5, 0.6) is 0 Å². The van der Waals surface area contributed by atoms with Crippen molar-refractivity contribution in [1.29, 1.82) is 0 Å². The zero-order valence-electron chi connectivity index (χ0n) is 10.9. The molecule has 0 aliphatic carbocycles. The maximum atomic E-state index is 11.9. The first-order chi connectivity index (χ1) is 9.83. The topological polar surface area (TPSA) is 29.1 Å². The molecule has 0 bridgehead atoms. The number of amides is 1. The molecule has 0 saturated carbocycles. The Morgan fingerprint density at radius 3 is 2.55 bits per heavy atom. The highest BCUT2D eigenvalue weighted by atomic mass is 16.1. The normalized spacial score (nSPS) is 12.7. The summed E-state index contributed by atoms with van der Waals surface area (Å²) in [7, 11) is 0. The number of carbonyl (C=O) groups excluding carboxylic acids is 1. The molecule has 0 saturated heterocycles. The smallest absolute Gasteiger partial charge is 0.256 e. The molecule has 20 heavy (non-hydrogen) atoms. The standard InChI is InChI=1S/C18H13NO/c20-18-15-8-4-7-14-13(9-10-16(19-18)17(14)15)11-12-5-2-1-3-6-12/h1-10H,11H2,(H,19,20). The van der Waals surface area contributed by atoms with Crippen molar-refractivity contribution in [3.05, 3.63) is 77.4 Å². The molecule has 96 valence electrons.